The monoisotopic (exact) mass is 556 g/mol. The van der Waals surface area contributed by atoms with Crippen molar-refractivity contribution >= 4 is 43.8 Å². The normalized spacial score (nSPS) is 14.9. The number of allylic oxidation sites excluding steroid dienone is 2. The van der Waals surface area contributed by atoms with Crippen LogP contribution in [-0.4, -0.2) is 26.5 Å². The Bertz CT molecular complexity index is 1060. The van der Waals surface area contributed by atoms with E-state index in [-0.39, 0.29) is 17.5 Å². The lowest BCUT2D eigenvalue weighted by Crippen LogP contribution is -2.37. The number of H-pyrrole nitrogens is 1. The van der Waals surface area contributed by atoms with Gasteiger partial charge in [0.05, 0.1) is 29.0 Å². The molecular weight excluding hydrogens is 532 g/mol. The Balaban J connectivity index is 0.000000262. The zero-order valence-electron chi connectivity index (χ0n) is 17.9. The number of methoxy groups -OCH3 is 1. The smallest absolute Gasteiger partial charge is 0.330 e. The van der Waals surface area contributed by atoms with Gasteiger partial charge in [-0.25, -0.2) is 8.72 Å². The summed E-state index contributed by atoms with van der Waals surface area (Å²) in [5.74, 6) is 1.30. The Morgan fingerprint density at radius 3 is 2.35 bits per heavy atom. The third kappa shape index (κ3) is 6.33. The first-order chi connectivity index (χ1) is 14.7. The predicted octanol–water partition coefficient (Wildman–Crippen LogP) is 4.29. The first-order valence-electron chi connectivity index (χ1n) is 9.71. The van der Waals surface area contributed by atoms with E-state index < -0.39 is 5.69 Å². The van der Waals surface area contributed by atoms with Gasteiger partial charge < -0.3 is 10.1 Å². The van der Waals surface area contributed by atoms with Gasteiger partial charge in [0.1, 0.15) is 16.0 Å². The Hall–Kier alpha value is -2.33. The fourth-order valence-corrected chi connectivity index (χ4v) is 3.94. The number of nitrogens with zero attached hydrogens (tertiary/aromatic N) is 2. The number of carbonyl (C=O) groups is 1. The molecule has 8 nitrogen and oxygen atoms in total. The molecule has 0 bridgehead atoms. The highest BCUT2D eigenvalue weighted by Gasteiger charge is 2.25. The number of hydrogen-bond donors (Lipinski definition) is 2. The quantitative estimate of drug-likeness (QED) is 0.422. The lowest BCUT2D eigenvalue weighted by Gasteiger charge is -2.12. The number of aromatic amines is 1. The highest BCUT2D eigenvalue weighted by atomic mass is 79.9. The van der Waals surface area contributed by atoms with Gasteiger partial charge in [0, 0.05) is 25.4 Å². The molecule has 0 spiro atoms. The Morgan fingerprint density at radius 2 is 1.84 bits per heavy atom. The highest BCUT2D eigenvalue weighted by Crippen LogP contribution is 2.28. The molecule has 2 aromatic rings. The summed E-state index contributed by atoms with van der Waals surface area (Å²) < 4.78 is 8.00. The van der Waals surface area contributed by atoms with E-state index in [0.29, 0.717) is 23.3 Å². The number of nitrogens with one attached hydrogen (secondary N) is 2. The number of halogens is 2. The number of rotatable bonds is 5. The van der Waals surface area contributed by atoms with E-state index in [1.54, 1.807) is 21.0 Å². The summed E-state index contributed by atoms with van der Waals surface area (Å²) in [6.45, 7) is 5.96. The third-order valence-electron chi connectivity index (χ3n) is 4.65. The van der Waals surface area contributed by atoms with Crippen molar-refractivity contribution in [2.45, 2.75) is 46.2 Å². The van der Waals surface area contributed by atoms with Crippen LogP contribution >= 0.6 is 32.1 Å². The largest absolute Gasteiger partial charge is 0.500 e. The van der Waals surface area contributed by atoms with E-state index in [2.05, 4.69) is 42.4 Å². The second kappa shape index (κ2) is 11.3. The minimum absolute atomic E-state index is 0.0939. The summed E-state index contributed by atoms with van der Waals surface area (Å²) in [5.41, 5.74) is 1.24. The summed E-state index contributed by atoms with van der Waals surface area (Å²) >= 11 is 6.40. The Labute approximate surface area is 197 Å². The van der Waals surface area contributed by atoms with E-state index in [0.717, 1.165) is 23.4 Å². The molecule has 3 rings (SSSR count). The Kier molecular flexibility index (Phi) is 9.12. The molecule has 0 radical (unpaired) electrons. The standard InChI is InChI=1S/C14H16BrN3O2.C7H10BrNO2/c1-9(2)18-13(19)11(15)12(17-14(18)20)16-8-10-6-4-3-5-7-10;1-5(11-2)6-3-4-7(10)9(6)8/h3-7,9,16H,8H2,1-2H3,(H,17,20);3-4H2,1-2H3/b;6-5+. The van der Waals surface area contributed by atoms with Crippen LogP contribution in [-0.2, 0) is 16.1 Å². The zero-order chi connectivity index (χ0) is 23.1. The van der Waals surface area contributed by atoms with Gasteiger partial charge in [0.25, 0.3) is 5.56 Å². The number of carbonyl (C=O) groups excluding carboxylic acids is 1. The number of benzene rings is 1. The molecule has 1 fully saturated rings. The fraction of sp³-hybridized carbons (Fsp3) is 0.381. The van der Waals surface area contributed by atoms with Crippen molar-refractivity contribution in [2.75, 3.05) is 12.4 Å². The molecule has 2 heterocycles. The lowest BCUT2D eigenvalue weighted by molar-refractivity contribution is -0.122. The summed E-state index contributed by atoms with van der Waals surface area (Å²) in [5, 5.41) is 3.06. The van der Waals surface area contributed by atoms with Crippen LogP contribution < -0.4 is 16.6 Å². The minimum atomic E-state index is -0.413. The first-order valence-corrected chi connectivity index (χ1v) is 11.2. The van der Waals surface area contributed by atoms with E-state index in [4.69, 9.17) is 4.74 Å². The van der Waals surface area contributed by atoms with Crippen LogP contribution in [0.5, 0.6) is 0 Å². The summed E-state index contributed by atoms with van der Waals surface area (Å²) in [6.07, 6.45) is 1.34. The molecule has 1 aliphatic heterocycles. The number of anilines is 1. The third-order valence-corrected chi connectivity index (χ3v) is 6.21. The maximum absolute atomic E-state index is 12.1. The van der Waals surface area contributed by atoms with Crippen LogP contribution in [0.3, 0.4) is 0 Å². The second-order valence-electron chi connectivity index (χ2n) is 7.11. The van der Waals surface area contributed by atoms with Gasteiger partial charge in [-0.05, 0) is 42.3 Å². The predicted molar refractivity (Wildman–Crippen MR) is 128 cm³/mol. The molecule has 1 amide bonds. The van der Waals surface area contributed by atoms with Crippen molar-refractivity contribution in [3.63, 3.8) is 0 Å². The fourth-order valence-electron chi connectivity index (χ4n) is 2.91. The maximum atomic E-state index is 12.1. The van der Waals surface area contributed by atoms with Gasteiger partial charge in [0.15, 0.2) is 0 Å². The van der Waals surface area contributed by atoms with Crippen molar-refractivity contribution in [3.8, 4) is 0 Å². The number of hydrogen-bond acceptors (Lipinski definition) is 5. The van der Waals surface area contributed by atoms with E-state index in [1.165, 1.54) is 8.49 Å². The van der Waals surface area contributed by atoms with Gasteiger partial charge in [-0.2, -0.15) is 0 Å². The average molecular weight is 558 g/mol. The number of aromatic nitrogens is 2. The molecule has 0 atom stereocenters. The van der Waals surface area contributed by atoms with Gasteiger partial charge in [-0.15, -0.1) is 0 Å². The summed E-state index contributed by atoms with van der Waals surface area (Å²) in [7, 11) is 1.60. The number of amides is 1. The van der Waals surface area contributed by atoms with Gasteiger partial charge in [-0.3, -0.25) is 19.1 Å². The summed E-state index contributed by atoms with van der Waals surface area (Å²) in [6, 6.07) is 9.55. The maximum Gasteiger partial charge on any atom is 0.330 e. The van der Waals surface area contributed by atoms with Crippen LogP contribution in [0, 0.1) is 0 Å². The van der Waals surface area contributed by atoms with E-state index >= 15 is 0 Å². The van der Waals surface area contributed by atoms with Crippen LogP contribution in [0.1, 0.15) is 45.2 Å². The first kappa shape index (κ1) is 24.9. The molecule has 1 aromatic heterocycles. The average Bonchev–Trinajstić information content (AvgIpc) is 3.08. The Morgan fingerprint density at radius 1 is 1.19 bits per heavy atom. The summed E-state index contributed by atoms with van der Waals surface area (Å²) in [4.78, 5) is 37.7. The van der Waals surface area contributed by atoms with Gasteiger partial charge in [0.2, 0.25) is 5.91 Å². The molecule has 1 saturated heterocycles. The van der Waals surface area contributed by atoms with Crippen LogP contribution in [0.15, 0.2) is 55.8 Å². The lowest BCUT2D eigenvalue weighted by atomic mass is 10.2. The van der Waals surface area contributed by atoms with Gasteiger partial charge in [-0.1, -0.05) is 30.3 Å². The van der Waals surface area contributed by atoms with E-state index in [1.807, 2.05) is 37.3 Å². The molecule has 1 aromatic carbocycles. The molecule has 0 aliphatic carbocycles. The second-order valence-corrected chi connectivity index (χ2v) is 8.61. The van der Waals surface area contributed by atoms with Crippen molar-refractivity contribution in [3.05, 3.63) is 72.7 Å². The number of ether oxygens (including phenoxy) is 1. The van der Waals surface area contributed by atoms with Crippen LogP contribution in [0.4, 0.5) is 5.82 Å². The highest BCUT2D eigenvalue weighted by molar-refractivity contribution is 9.10. The SMILES string of the molecule is CC(C)n1c(=O)[nH]c(NCc2ccccc2)c(Br)c1=O.CO/C(C)=C1\CCC(=O)N1Br. The minimum Gasteiger partial charge on any atom is -0.500 e. The molecule has 0 unspecified atom stereocenters. The van der Waals surface area contributed by atoms with Crippen LogP contribution in [0.25, 0.3) is 0 Å². The van der Waals surface area contributed by atoms with Crippen molar-refractivity contribution in [1.29, 1.82) is 0 Å². The van der Waals surface area contributed by atoms with Crippen molar-refractivity contribution < 1.29 is 9.53 Å². The molecule has 10 heteroatoms. The molecule has 31 heavy (non-hydrogen) atoms. The molecule has 2 N–H and O–H groups in total. The molecule has 0 saturated carbocycles. The van der Waals surface area contributed by atoms with E-state index in [9.17, 15) is 14.4 Å². The zero-order valence-corrected chi connectivity index (χ0v) is 21.0. The molecule has 1 aliphatic rings. The topological polar surface area (TPSA) is 96.4 Å². The van der Waals surface area contributed by atoms with Crippen LogP contribution in [0.2, 0.25) is 0 Å². The van der Waals surface area contributed by atoms with Gasteiger partial charge >= 0.3 is 5.69 Å². The molecular formula is C21H26Br2N4O4. The molecule has 168 valence electrons. The van der Waals surface area contributed by atoms with Crippen molar-refractivity contribution in [1.82, 2.24) is 13.5 Å². The van der Waals surface area contributed by atoms with Crippen molar-refractivity contribution in [2.24, 2.45) is 0 Å².